The number of carbonyl (C=O) groups excluding carboxylic acids is 2. The zero-order valence-electron chi connectivity index (χ0n) is 16.7. The molecule has 0 aromatic carbocycles. The molecule has 2 amide bonds. The van der Waals surface area contributed by atoms with Gasteiger partial charge in [-0.3, -0.25) is 9.59 Å². The van der Waals surface area contributed by atoms with E-state index in [1.165, 1.54) is 0 Å². The van der Waals surface area contributed by atoms with Crippen LogP contribution in [-0.4, -0.2) is 69.1 Å². The van der Waals surface area contributed by atoms with Gasteiger partial charge in [0.05, 0.1) is 11.8 Å². The molecule has 1 fully saturated rings. The molecule has 8 nitrogen and oxygen atoms in total. The fourth-order valence-corrected chi connectivity index (χ4v) is 4.16. The summed E-state index contributed by atoms with van der Waals surface area (Å²) in [5, 5.41) is 9.86. The van der Waals surface area contributed by atoms with Crippen LogP contribution in [0.1, 0.15) is 61.5 Å². The van der Waals surface area contributed by atoms with E-state index in [0.29, 0.717) is 38.4 Å². The summed E-state index contributed by atoms with van der Waals surface area (Å²) in [6.45, 7) is 9.13. The first-order chi connectivity index (χ1) is 12.6. The van der Waals surface area contributed by atoms with Crippen molar-refractivity contribution in [1.82, 2.24) is 19.4 Å². The standard InChI is InChI=1S/C19H31N5O3/c1-19(2,3)14(18(27)23-9-6-12(25)10-23)17-21-15(16(20)26)13-11-22(4)7-5-8-24(13)17/h12,14,25H,5-11H2,1-4H3,(H2,20,26)/t12-,14-/m0/s1. The molecule has 1 saturated heterocycles. The second-order valence-electron chi connectivity index (χ2n) is 8.90. The number of hydrogen-bond acceptors (Lipinski definition) is 5. The molecule has 0 radical (unpaired) electrons. The van der Waals surface area contributed by atoms with Crippen molar-refractivity contribution in [2.45, 2.75) is 58.7 Å². The Balaban J connectivity index is 2.09. The second-order valence-corrected chi connectivity index (χ2v) is 8.90. The van der Waals surface area contributed by atoms with Gasteiger partial charge in [0, 0.05) is 26.2 Å². The minimum atomic E-state index is -0.558. The summed E-state index contributed by atoms with van der Waals surface area (Å²) in [6.07, 6.45) is 1.04. The molecule has 150 valence electrons. The maximum atomic E-state index is 13.4. The van der Waals surface area contributed by atoms with Gasteiger partial charge in [-0.25, -0.2) is 4.98 Å². The number of primary amides is 1. The summed E-state index contributed by atoms with van der Waals surface area (Å²) >= 11 is 0. The maximum Gasteiger partial charge on any atom is 0.269 e. The molecular formula is C19H31N5O3. The predicted molar refractivity (Wildman–Crippen MR) is 101 cm³/mol. The van der Waals surface area contributed by atoms with Crippen LogP contribution in [0.5, 0.6) is 0 Å². The third-order valence-electron chi connectivity index (χ3n) is 5.52. The summed E-state index contributed by atoms with van der Waals surface area (Å²) in [4.78, 5) is 33.9. The van der Waals surface area contributed by atoms with Crippen molar-refractivity contribution in [1.29, 1.82) is 0 Å². The van der Waals surface area contributed by atoms with E-state index in [0.717, 1.165) is 18.7 Å². The van der Waals surface area contributed by atoms with Crippen LogP contribution in [0.15, 0.2) is 0 Å². The molecule has 1 aromatic heterocycles. The van der Waals surface area contributed by atoms with Gasteiger partial charge in [-0.1, -0.05) is 20.8 Å². The lowest BCUT2D eigenvalue weighted by Crippen LogP contribution is -2.40. The fraction of sp³-hybridized carbons (Fsp3) is 0.737. The van der Waals surface area contributed by atoms with Crippen LogP contribution in [0.25, 0.3) is 0 Å². The van der Waals surface area contributed by atoms with Gasteiger partial charge >= 0.3 is 0 Å². The van der Waals surface area contributed by atoms with Crippen molar-refractivity contribution in [3.63, 3.8) is 0 Å². The second kappa shape index (κ2) is 7.24. The Morgan fingerprint density at radius 3 is 2.52 bits per heavy atom. The van der Waals surface area contributed by atoms with Crippen LogP contribution in [0.2, 0.25) is 0 Å². The highest BCUT2D eigenvalue weighted by atomic mass is 16.3. The number of aromatic nitrogens is 2. The molecular weight excluding hydrogens is 346 g/mol. The Kier molecular flexibility index (Phi) is 5.31. The lowest BCUT2D eigenvalue weighted by atomic mass is 9.79. The first-order valence-electron chi connectivity index (χ1n) is 9.64. The summed E-state index contributed by atoms with van der Waals surface area (Å²) in [7, 11) is 2.01. The van der Waals surface area contributed by atoms with E-state index in [1.54, 1.807) is 4.90 Å². The Hall–Kier alpha value is -1.93. The van der Waals surface area contributed by atoms with E-state index in [1.807, 2.05) is 32.4 Å². The normalized spacial score (nSPS) is 22.4. The average molecular weight is 377 g/mol. The Morgan fingerprint density at radius 2 is 1.96 bits per heavy atom. The van der Waals surface area contributed by atoms with E-state index in [4.69, 9.17) is 5.73 Å². The number of amides is 2. The summed E-state index contributed by atoms with van der Waals surface area (Å²) in [5.74, 6) is -0.483. The summed E-state index contributed by atoms with van der Waals surface area (Å²) in [5.41, 5.74) is 6.28. The van der Waals surface area contributed by atoms with Gasteiger partial charge in [-0.15, -0.1) is 0 Å². The van der Waals surface area contributed by atoms with Crippen LogP contribution < -0.4 is 5.73 Å². The molecule has 0 bridgehead atoms. The topological polar surface area (TPSA) is 105 Å². The number of nitrogens with two attached hydrogens (primary N) is 1. The number of fused-ring (bicyclic) bond motifs is 1. The zero-order chi connectivity index (χ0) is 19.9. The summed E-state index contributed by atoms with van der Waals surface area (Å²) < 4.78 is 2.03. The molecule has 1 aromatic rings. The molecule has 27 heavy (non-hydrogen) atoms. The van der Waals surface area contributed by atoms with Crippen molar-refractivity contribution in [3.05, 3.63) is 17.2 Å². The average Bonchev–Trinajstić information content (AvgIpc) is 3.06. The van der Waals surface area contributed by atoms with Crippen molar-refractivity contribution in [2.24, 2.45) is 11.1 Å². The highest BCUT2D eigenvalue weighted by Crippen LogP contribution is 2.38. The van der Waals surface area contributed by atoms with Crippen molar-refractivity contribution in [3.8, 4) is 0 Å². The van der Waals surface area contributed by atoms with Gasteiger partial charge in [-0.2, -0.15) is 0 Å². The van der Waals surface area contributed by atoms with Gasteiger partial charge in [0.15, 0.2) is 5.69 Å². The molecule has 2 aliphatic rings. The van der Waals surface area contributed by atoms with Gasteiger partial charge in [0.25, 0.3) is 5.91 Å². The lowest BCUT2D eigenvalue weighted by Gasteiger charge is -2.33. The first kappa shape index (κ1) is 19.8. The van der Waals surface area contributed by atoms with E-state index in [2.05, 4.69) is 9.88 Å². The molecule has 0 aliphatic carbocycles. The quantitative estimate of drug-likeness (QED) is 0.800. The van der Waals surface area contributed by atoms with Crippen molar-refractivity contribution >= 4 is 11.8 Å². The molecule has 2 aliphatic heterocycles. The number of likely N-dealkylation sites (tertiary alicyclic amines) is 1. The molecule has 0 unspecified atom stereocenters. The number of carbonyl (C=O) groups is 2. The molecule has 2 atom stereocenters. The number of β-amino-alcohol motifs (C(OH)–C–C–N with tert-alkyl or cyclic N) is 1. The number of aliphatic hydroxyl groups is 1. The molecule has 8 heteroatoms. The van der Waals surface area contributed by atoms with Crippen LogP contribution in [-0.2, 0) is 17.9 Å². The zero-order valence-corrected chi connectivity index (χ0v) is 16.7. The number of hydrogen-bond donors (Lipinski definition) is 2. The highest BCUT2D eigenvalue weighted by Gasteiger charge is 2.42. The molecule has 3 rings (SSSR count). The largest absolute Gasteiger partial charge is 0.391 e. The molecule has 3 N–H and O–H groups in total. The smallest absolute Gasteiger partial charge is 0.269 e. The van der Waals surface area contributed by atoms with E-state index in [9.17, 15) is 14.7 Å². The minimum Gasteiger partial charge on any atom is -0.391 e. The fourth-order valence-electron chi connectivity index (χ4n) is 4.16. The van der Waals surface area contributed by atoms with Crippen molar-refractivity contribution in [2.75, 3.05) is 26.7 Å². The van der Waals surface area contributed by atoms with Crippen molar-refractivity contribution < 1.29 is 14.7 Å². The third kappa shape index (κ3) is 3.87. The number of aliphatic hydroxyl groups excluding tert-OH is 1. The van der Waals surface area contributed by atoms with Crippen LogP contribution in [0.4, 0.5) is 0 Å². The van der Waals surface area contributed by atoms with Gasteiger partial charge < -0.3 is 25.2 Å². The molecule has 0 spiro atoms. The Labute approximate surface area is 160 Å². The maximum absolute atomic E-state index is 13.4. The SMILES string of the molecule is CN1CCCn2c([C@@H](C(=O)N3CC[C@H](O)C3)C(C)(C)C)nc(C(N)=O)c2C1. The summed E-state index contributed by atoms with van der Waals surface area (Å²) in [6, 6.07) is 0. The Morgan fingerprint density at radius 1 is 1.26 bits per heavy atom. The number of imidazole rings is 1. The molecule has 3 heterocycles. The monoisotopic (exact) mass is 377 g/mol. The number of rotatable bonds is 3. The Bertz CT molecular complexity index is 736. The van der Waals surface area contributed by atoms with Gasteiger partial charge in [0.1, 0.15) is 11.7 Å². The molecule has 0 saturated carbocycles. The van der Waals surface area contributed by atoms with Gasteiger partial charge in [0.2, 0.25) is 5.91 Å². The van der Waals surface area contributed by atoms with Crippen LogP contribution >= 0.6 is 0 Å². The van der Waals surface area contributed by atoms with E-state index in [-0.39, 0.29) is 17.0 Å². The van der Waals surface area contributed by atoms with E-state index >= 15 is 0 Å². The highest BCUT2D eigenvalue weighted by molar-refractivity contribution is 5.92. The number of nitrogens with zero attached hydrogens (tertiary/aromatic N) is 4. The lowest BCUT2D eigenvalue weighted by molar-refractivity contribution is -0.135. The predicted octanol–water partition coefficient (Wildman–Crippen LogP) is 0.540. The third-order valence-corrected chi connectivity index (χ3v) is 5.52. The van der Waals surface area contributed by atoms with Crippen LogP contribution in [0, 0.1) is 5.41 Å². The first-order valence-corrected chi connectivity index (χ1v) is 9.64. The van der Waals surface area contributed by atoms with Gasteiger partial charge in [-0.05, 0) is 31.8 Å². The van der Waals surface area contributed by atoms with Crippen LogP contribution in [0.3, 0.4) is 0 Å². The minimum absolute atomic E-state index is 0.0412. The van der Waals surface area contributed by atoms with E-state index < -0.39 is 17.9 Å².